The molecule has 7 nitrogen and oxygen atoms in total. The van der Waals surface area contributed by atoms with Gasteiger partial charge in [0.1, 0.15) is 11.6 Å². The standard InChI is InChI=1S/C16H25N5O2/c1-21(14(22)10-16(23)7-3-2-4-8-16)9-5-6-13-12(11-17)15(18)20-19-13/h23H,2-10H2,1H3,(H3,18,19,20). The van der Waals surface area contributed by atoms with Gasteiger partial charge in [0.15, 0.2) is 5.82 Å². The lowest BCUT2D eigenvalue weighted by Crippen LogP contribution is -2.39. The molecule has 1 saturated carbocycles. The van der Waals surface area contributed by atoms with Crippen LogP contribution in [0.1, 0.15) is 56.2 Å². The molecule has 0 spiro atoms. The topological polar surface area (TPSA) is 119 Å². The van der Waals surface area contributed by atoms with Crippen LogP contribution in [0.4, 0.5) is 5.82 Å². The quantitative estimate of drug-likeness (QED) is 0.731. The fourth-order valence-corrected chi connectivity index (χ4v) is 3.12. The highest BCUT2D eigenvalue weighted by molar-refractivity contribution is 5.77. The van der Waals surface area contributed by atoms with Gasteiger partial charge in [-0.25, -0.2) is 0 Å². The Morgan fingerprint density at radius 3 is 2.83 bits per heavy atom. The van der Waals surface area contributed by atoms with Gasteiger partial charge in [-0.2, -0.15) is 10.4 Å². The maximum Gasteiger partial charge on any atom is 0.225 e. The fraction of sp³-hybridized carbons (Fsp3) is 0.688. The lowest BCUT2D eigenvalue weighted by Gasteiger charge is -2.32. The Hall–Kier alpha value is -2.07. The van der Waals surface area contributed by atoms with Crippen LogP contribution in [0, 0.1) is 11.3 Å². The summed E-state index contributed by atoms with van der Waals surface area (Å²) in [5, 5.41) is 26.0. The van der Waals surface area contributed by atoms with Crippen LogP contribution in [-0.4, -0.2) is 45.3 Å². The van der Waals surface area contributed by atoms with Crippen LogP contribution < -0.4 is 5.73 Å². The molecule has 0 atom stereocenters. The van der Waals surface area contributed by atoms with Crippen molar-refractivity contribution in [2.24, 2.45) is 0 Å². The highest BCUT2D eigenvalue weighted by Crippen LogP contribution is 2.31. The summed E-state index contributed by atoms with van der Waals surface area (Å²) in [4.78, 5) is 13.9. The number of amides is 1. The van der Waals surface area contributed by atoms with Crippen LogP contribution in [0.3, 0.4) is 0 Å². The van der Waals surface area contributed by atoms with Gasteiger partial charge < -0.3 is 15.7 Å². The first kappa shape index (κ1) is 17.3. The number of anilines is 1. The van der Waals surface area contributed by atoms with Gasteiger partial charge in [0.2, 0.25) is 5.91 Å². The minimum absolute atomic E-state index is 0.0287. The van der Waals surface area contributed by atoms with Gasteiger partial charge in [-0.15, -0.1) is 0 Å². The number of hydrogen-bond donors (Lipinski definition) is 3. The molecule has 1 aliphatic rings. The second kappa shape index (κ2) is 7.47. The first-order valence-corrected chi connectivity index (χ1v) is 8.14. The maximum atomic E-state index is 12.3. The van der Waals surface area contributed by atoms with Crippen molar-refractivity contribution in [2.75, 3.05) is 19.3 Å². The van der Waals surface area contributed by atoms with Crippen LogP contribution in [-0.2, 0) is 11.2 Å². The van der Waals surface area contributed by atoms with Crippen molar-refractivity contribution in [2.45, 2.75) is 57.0 Å². The Morgan fingerprint density at radius 1 is 1.48 bits per heavy atom. The van der Waals surface area contributed by atoms with Crippen LogP contribution in [0.2, 0.25) is 0 Å². The van der Waals surface area contributed by atoms with E-state index in [0.717, 1.165) is 19.3 Å². The minimum Gasteiger partial charge on any atom is -0.389 e. The Balaban J connectivity index is 1.79. The van der Waals surface area contributed by atoms with Gasteiger partial charge in [-0.05, 0) is 25.7 Å². The normalized spacial score (nSPS) is 16.7. The van der Waals surface area contributed by atoms with E-state index in [-0.39, 0.29) is 18.1 Å². The number of carbonyl (C=O) groups is 1. The number of aryl methyl sites for hydroxylation is 1. The van der Waals surface area contributed by atoms with Gasteiger partial charge in [0.25, 0.3) is 0 Å². The number of nitrogen functional groups attached to an aromatic ring is 1. The molecule has 1 aliphatic carbocycles. The van der Waals surface area contributed by atoms with Crippen molar-refractivity contribution in [1.82, 2.24) is 15.1 Å². The smallest absolute Gasteiger partial charge is 0.225 e. The van der Waals surface area contributed by atoms with Gasteiger partial charge >= 0.3 is 0 Å². The maximum absolute atomic E-state index is 12.3. The monoisotopic (exact) mass is 319 g/mol. The third kappa shape index (κ3) is 4.45. The molecule has 0 radical (unpaired) electrons. The van der Waals surface area contributed by atoms with Gasteiger partial charge in [0.05, 0.1) is 17.7 Å². The van der Waals surface area contributed by atoms with Gasteiger partial charge in [-0.1, -0.05) is 19.3 Å². The molecular weight excluding hydrogens is 294 g/mol. The molecule has 2 rings (SSSR count). The lowest BCUT2D eigenvalue weighted by atomic mass is 9.82. The number of hydrogen-bond acceptors (Lipinski definition) is 5. The van der Waals surface area contributed by atoms with Crippen molar-refractivity contribution < 1.29 is 9.90 Å². The second-order valence-corrected chi connectivity index (χ2v) is 6.45. The molecule has 1 heterocycles. The van der Waals surface area contributed by atoms with Crippen molar-refractivity contribution in [3.8, 4) is 6.07 Å². The Bertz CT molecular complexity index is 584. The first-order valence-electron chi connectivity index (χ1n) is 8.14. The van der Waals surface area contributed by atoms with E-state index >= 15 is 0 Å². The lowest BCUT2D eigenvalue weighted by molar-refractivity contribution is -0.136. The molecule has 4 N–H and O–H groups in total. The third-order valence-corrected chi connectivity index (χ3v) is 4.59. The van der Waals surface area contributed by atoms with E-state index in [9.17, 15) is 9.90 Å². The molecule has 1 aromatic rings. The Morgan fingerprint density at radius 2 is 2.17 bits per heavy atom. The Labute approximate surface area is 136 Å². The average molecular weight is 319 g/mol. The highest BCUT2D eigenvalue weighted by atomic mass is 16.3. The minimum atomic E-state index is -0.824. The largest absolute Gasteiger partial charge is 0.389 e. The van der Waals surface area contributed by atoms with Crippen LogP contribution >= 0.6 is 0 Å². The van der Waals surface area contributed by atoms with Gasteiger partial charge in [-0.3, -0.25) is 9.89 Å². The molecule has 1 amide bonds. The zero-order valence-corrected chi connectivity index (χ0v) is 13.6. The van der Waals surface area contributed by atoms with E-state index in [1.165, 1.54) is 0 Å². The number of aromatic amines is 1. The summed E-state index contributed by atoms with van der Waals surface area (Å²) in [6.45, 7) is 0.568. The third-order valence-electron chi connectivity index (χ3n) is 4.59. The number of aliphatic hydroxyl groups is 1. The molecule has 0 aromatic carbocycles. The Kier molecular flexibility index (Phi) is 5.61. The summed E-state index contributed by atoms with van der Waals surface area (Å²) in [5.41, 5.74) is 5.86. The molecule has 7 heteroatoms. The summed E-state index contributed by atoms with van der Waals surface area (Å²) in [7, 11) is 1.75. The molecule has 23 heavy (non-hydrogen) atoms. The van der Waals surface area contributed by atoms with E-state index in [4.69, 9.17) is 11.0 Å². The molecule has 0 aliphatic heterocycles. The molecule has 0 saturated heterocycles. The summed E-state index contributed by atoms with van der Waals surface area (Å²) < 4.78 is 0. The van der Waals surface area contributed by atoms with E-state index < -0.39 is 5.60 Å². The number of nitrogens with two attached hydrogens (primary N) is 1. The van der Waals surface area contributed by atoms with E-state index in [1.54, 1.807) is 11.9 Å². The highest BCUT2D eigenvalue weighted by Gasteiger charge is 2.32. The SMILES string of the molecule is CN(CCCc1[nH]nc(N)c1C#N)C(=O)CC1(O)CCCCC1. The number of nitriles is 1. The van der Waals surface area contributed by atoms with E-state index in [2.05, 4.69) is 10.2 Å². The summed E-state index contributed by atoms with van der Waals surface area (Å²) in [6, 6.07) is 2.03. The van der Waals surface area contributed by atoms with Crippen LogP contribution in [0.25, 0.3) is 0 Å². The summed E-state index contributed by atoms with van der Waals surface area (Å²) in [5.74, 6) is 0.186. The van der Waals surface area contributed by atoms with Crippen LogP contribution in [0.5, 0.6) is 0 Å². The zero-order chi connectivity index (χ0) is 16.9. The van der Waals surface area contributed by atoms with Crippen molar-refractivity contribution in [3.05, 3.63) is 11.3 Å². The first-order chi connectivity index (χ1) is 10.9. The van der Waals surface area contributed by atoms with E-state index in [0.29, 0.717) is 43.5 Å². The molecule has 1 fully saturated rings. The number of H-pyrrole nitrogens is 1. The molecule has 0 bridgehead atoms. The van der Waals surface area contributed by atoms with Gasteiger partial charge in [0, 0.05) is 13.6 Å². The van der Waals surface area contributed by atoms with E-state index in [1.807, 2.05) is 6.07 Å². The number of carbonyl (C=O) groups excluding carboxylic acids is 1. The summed E-state index contributed by atoms with van der Waals surface area (Å²) in [6.07, 6.45) is 6.06. The average Bonchev–Trinajstić information content (AvgIpc) is 2.87. The second-order valence-electron chi connectivity index (χ2n) is 6.45. The molecule has 0 unspecified atom stereocenters. The molecule has 1 aromatic heterocycles. The van der Waals surface area contributed by atoms with Crippen LogP contribution in [0.15, 0.2) is 0 Å². The zero-order valence-electron chi connectivity index (χ0n) is 13.6. The van der Waals surface area contributed by atoms with Crippen molar-refractivity contribution >= 4 is 11.7 Å². The number of aromatic nitrogens is 2. The van der Waals surface area contributed by atoms with Crippen molar-refractivity contribution in [3.63, 3.8) is 0 Å². The molecule has 126 valence electrons. The number of nitrogens with zero attached hydrogens (tertiary/aromatic N) is 3. The predicted molar refractivity (Wildman–Crippen MR) is 86.3 cm³/mol. The van der Waals surface area contributed by atoms with Crippen molar-refractivity contribution in [1.29, 1.82) is 5.26 Å². The molecular formula is C16H25N5O2. The predicted octanol–water partition coefficient (Wildman–Crippen LogP) is 1.34. The summed E-state index contributed by atoms with van der Waals surface area (Å²) >= 11 is 0. The fourth-order valence-electron chi connectivity index (χ4n) is 3.12. The number of nitrogens with one attached hydrogen (secondary N) is 1. The number of rotatable bonds is 6.